The molecule has 1 rings (SSSR count). The lowest BCUT2D eigenvalue weighted by atomic mass is 9.90. The van der Waals surface area contributed by atoms with Gasteiger partial charge in [-0.25, -0.2) is 0 Å². The molecule has 0 radical (unpaired) electrons. The SMILES string of the molecule is CCNC1CC(CC(=O)O)CN(C(=O)C(C)C)C1. The van der Waals surface area contributed by atoms with E-state index in [2.05, 4.69) is 5.32 Å². The van der Waals surface area contributed by atoms with Crippen molar-refractivity contribution in [2.75, 3.05) is 19.6 Å². The van der Waals surface area contributed by atoms with Crippen LogP contribution in [0.1, 0.15) is 33.6 Å². The molecule has 1 aliphatic rings. The summed E-state index contributed by atoms with van der Waals surface area (Å²) in [4.78, 5) is 24.7. The van der Waals surface area contributed by atoms with Crippen molar-refractivity contribution in [3.8, 4) is 0 Å². The van der Waals surface area contributed by atoms with Crippen molar-refractivity contribution in [1.29, 1.82) is 0 Å². The number of piperidine rings is 1. The molecule has 0 saturated carbocycles. The summed E-state index contributed by atoms with van der Waals surface area (Å²) >= 11 is 0. The van der Waals surface area contributed by atoms with Gasteiger partial charge in [0.2, 0.25) is 5.91 Å². The minimum atomic E-state index is -0.783. The predicted octanol–water partition coefficient (Wildman–Crippen LogP) is 0.944. The predicted molar refractivity (Wildman–Crippen MR) is 69.2 cm³/mol. The number of likely N-dealkylation sites (tertiary alicyclic amines) is 1. The van der Waals surface area contributed by atoms with Crippen LogP contribution in [0.5, 0.6) is 0 Å². The second-order valence-electron chi connectivity index (χ2n) is 5.35. The molecule has 0 aromatic carbocycles. The number of amides is 1. The Hall–Kier alpha value is -1.10. The van der Waals surface area contributed by atoms with Gasteiger partial charge in [0.15, 0.2) is 0 Å². The topological polar surface area (TPSA) is 69.6 Å². The first-order valence-corrected chi connectivity index (χ1v) is 6.68. The zero-order valence-electron chi connectivity index (χ0n) is 11.5. The number of rotatable bonds is 5. The molecule has 2 atom stereocenters. The van der Waals surface area contributed by atoms with E-state index in [1.54, 1.807) is 0 Å². The van der Waals surface area contributed by atoms with E-state index < -0.39 is 5.97 Å². The minimum Gasteiger partial charge on any atom is -0.481 e. The van der Waals surface area contributed by atoms with Crippen molar-refractivity contribution < 1.29 is 14.7 Å². The maximum absolute atomic E-state index is 12.0. The standard InChI is InChI=1S/C13H24N2O3/c1-4-14-11-5-10(6-12(16)17)7-15(8-11)13(18)9(2)3/h9-11,14H,4-8H2,1-3H3,(H,16,17). The summed E-state index contributed by atoms with van der Waals surface area (Å²) in [6.45, 7) is 7.90. The van der Waals surface area contributed by atoms with Crippen LogP contribution in [0.15, 0.2) is 0 Å². The van der Waals surface area contributed by atoms with Gasteiger partial charge < -0.3 is 15.3 Å². The number of carbonyl (C=O) groups is 2. The van der Waals surface area contributed by atoms with Gasteiger partial charge in [-0.05, 0) is 18.9 Å². The molecule has 1 fully saturated rings. The summed E-state index contributed by atoms with van der Waals surface area (Å²) in [5.41, 5.74) is 0. The normalized spacial score (nSPS) is 24.3. The average Bonchev–Trinajstić information content (AvgIpc) is 2.27. The molecule has 0 aromatic rings. The zero-order valence-corrected chi connectivity index (χ0v) is 11.5. The van der Waals surface area contributed by atoms with E-state index in [0.717, 1.165) is 13.0 Å². The van der Waals surface area contributed by atoms with Crippen molar-refractivity contribution in [3.05, 3.63) is 0 Å². The van der Waals surface area contributed by atoms with Gasteiger partial charge >= 0.3 is 5.97 Å². The molecule has 0 aliphatic carbocycles. The summed E-state index contributed by atoms with van der Waals surface area (Å²) in [7, 11) is 0. The van der Waals surface area contributed by atoms with Crippen LogP contribution in [-0.4, -0.2) is 47.6 Å². The quantitative estimate of drug-likeness (QED) is 0.768. The fourth-order valence-electron chi connectivity index (χ4n) is 2.58. The lowest BCUT2D eigenvalue weighted by molar-refractivity contribution is -0.142. The molecule has 0 spiro atoms. The second-order valence-corrected chi connectivity index (χ2v) is 5.35. The van der Waals surface area contributed by atoms with Crippen LogP contribution < -0.4 is 5.32 Å². The van der Waals surface area contributed by atoms with Crippen molar-refractivity contribution in [2.24, 2.45) is 11.8 Å². The Morgan fingerprint density at radius 3 is 2.56 bits per heavy atom. The van der Waals surface area contributed by atoms with E-state index in [1.807, 2.05) is 25.7 Å². The minimum absolute atomic E-state index is 0.0316. The average molecular weight is 256 g/mol. The Labute approximate surface area is 109 Å². The lowest BCUT2D eigenvalue weighted by Crippen LogP contribution is -2.52. The smallest absolute Gasteiger partial charge is 0.303 e. The molecule has 1 amide bonds. The van der Waals surface area contributed by atoms with E-state index in [-0.39, 0.29) is 30.2 Å². The van der Waals surface area contributed by atoms with Crippen LogP contribution in [0.2, 0.25) is 0 Å². The molecule has 2 unspecified atom stereocenters. The van der Waals surface area contributed by atoms with Crippen LogP contribution in [0.3, 0.4) is 0 Å². The number of aliphatic carboxylic acids is 1. The Morgan fingerprint density at radius 1 is 1.39 bits per heavy atom. The Kier molecular flexibility index (Phi) is 5.59. The molecule has 0 bridgehead atoms. The number of nitrogens with zero attached hydrogens (tertiary/aromatic N) is 1. The first-order valence-electron chi connectivity index (χ1n) is 6.68. The molecule has 1 saturated heterocycles. The molecule has 1 heterocycles. The molecular formula is C13H24N2O3. The van der Waals surface area contributed by atoms with Crippen LogP contribution in [-0.2, 0) is 9.59 Å². The van der Waals surface area contributed by atoms with Gasteiger partial charge in [-0.3, -0.25) is 9.59 Å². The van der Waals surface area contributed by atoms with Gasteiger partial charge in [0.1, 0.15) is 0 Å². The maximum atomic E-state index is 12.0. The molecule has 2 N–H and O–H groups in total. The largest absolute Gasteiger partial charge is 0.481 e. The molecule has 0 aromatic heterocycles. The van der Waals surface area contributed by atoms with Gasteiger partial charge in [0.05, 0.1) is 0 Å². The van der Waals surface area contributed by atoms with Crippen LogP contribution in [0, 0.1) is 11.8 Å². The highest BCUT2D eigenvalue weighted by atomic mass is 16.4. The van der Waals surface area contributed by atoms with E-state index >= 15 is 0 Å². The number of carboxylic acids is 1. The molecule has 104 valence electrons. The highest BCUT2D eigenvalue weighted by Gasteiger charge is 2.31. The third-order valence-corrected chi connectivity index (χ3v) is 3.30. The van der Waals surface area contributed by atoms with Crippen molar-refractivity contribution >= 4 is 11.9 Å². The van der Waals surface area contributed by atoms with Crippen LogP contribution in [0.4, 0.5) is 0 Å². The first-order chi connectivity index (χ1) is 8.43. The molecule has 18 heavy (non-hydrogen) atoms. The van der Waals surface area contributed by atoms with E-state index in [9.17, 15) is 9.59 Å². The van der Waals surface area contributed by atoms with E-state index in [4.69, 9.17) is 5.11 Å². The molecular weight excluding hydrogens is 232 g/mol. The number of carboxylic acid groups (broad SMARTS) is 1. The Balaban J connectivity index is 2.67. The highest BCUT2D eigenvalue weighted by Crippen LogP contribution is 2.21. The molecule has 5 nitrogen and oxygen atoms in total. The summed E-state index contributed by atoms with van der Waals surface area (Å²) in [6.07, 6.45) is 0.978. The second kappa shape index (κ2) is 6.73. The van der Waals surface area contributed by atoms with Gasteiger partial charge in [-0.1, -0.05) is 20.8 Å². The number of hydrogen-bond donors (Lipinski definition) is 2. The molecule has 5 heteroatoms. The summed E-state index contributed by atoms with van der Waals surface area (Å²) < 4.78 is 0. The number of carbonyl (C=O) groups excluding carboxylic acids is 1. The molecule has 1 aliphatic heterocycles. The highest BCUT2D eigenvalue weighted by molar-refractivity contribution is 5.78. The van der Waals surface area contributed by atoms with Crippen molar-refractivity contribution in [1.82, 2.24) is 10.2 Å². The van der Waals surface area contributed by atoms with E-state index in [1.165, 1.54) is 0 Å². The van der Waals surface area contributed by atoms with Crippen molar-refractivity contribution in [3.63, 3.8) is 0 Å². The Morgan fingerprint density at radius 2 is 2.06 bits per heavy atom. The van der Waals surface area contributed by atoms with Gasteiger partial charge in [0, 0.05) is 31.5 Å². The fraction of sp³-hybridized carbons (Fsp3) is 0.846. The van der Waals surface area contributed by atoms with Crippen LogP contribution in [0.25, 0.3) is 0 Å². The lowest BCUT2D eigenvalue weighted by Gasteiger charge is -2.38. The third-order valence-electron chi connectivity index (χ3n) is 3.30. The number of likely N-dealkylation sites (N-methyl/N-ethyl adjacent to an activating group) is 1. The monoisotopic (exact) mass is 256 g/mol. The summed E-state index contributed by atoms with van der Waals surface area (Å²) in [5.74, 6) is -0.638. The summed E-state index contributed by atoms with van der Waals surface area (Å²) in [6, 6.07) is 0.218. The first kappa shape index (κ1) is 15.0. The fourth-order valence-corrected chi connectivity index (χ4v) is 2.58. The Bertz CT molecular complexity index is 305. The summed E-state index contributed by atoms with van der Waals surface area (Å²) in [5, 5.41) is 12.2. The van der Waals surface area contributed by atoms with E-state index in [0.29, 0.717) is 13.1 Å². The zero-order chi connectivity index (χ0) is 13.7. The number of nitrogens with one attached hydrogen (secondary N) is 1. The van der Waals surface area contributed by atoms with Crippen LogP contribution >= 0.6 is 0 Å². The van der Waals surface area contributed by atoms with Gasteiger partial charge in [-0.2, -0.15) is 0 Å². The third kappa shape index (κ3) is 4.29. The van der Waals surface area contributed by atoms with Crippen molar-refractivity contribution in [2.45, 2.75) is 39.7 Å². The maximum Gasteiger partial charge on any atom is 0.303 e. The number of hydrogen-bond acceptors (Lipinski definition) is 3. The van der Waals surface area contributed by atoms with Gasteiger partial charge in [0.25, 0.3) is 0 Å². The van der Waals surface area contributed by atoms with Gasteiger partial charge in [-0.15, -0.1) is 0 Å².